The SMILES string of the molecule is CCCCCCCCCCCCCCCCCCCC/C=C/CCCC(=O)O[C@H](COC(=O)CCCCCCCCCCCCCCCCC)COP(=O)(O)OCC[N+](C)(C)C. The first kappa shape index (κ1) is 60.8. The molecule has 1 N–H and O–H groups in total. The number of phosphoric acid groups is 1. The number of ether oxygens (including phenoxy) is 2. The number of phosphoric ester groups is 1. The number of esters is 2. The summed E-state index contributed by atoms with van der Waals surface area (Å²) in [6, 6.07) is 0. The second-order valence-electron chi connectivity index (χ2n) is 19.3. The van der Waals surface area contributed by atoms with E-state index >= 15 is 0 Å². The summed E-state index contributed by atoms with van der Waals surface area (Å²) in [7, 11) is 1.48. The average Bonchev–Trinajstić information content (AvgIpc) is 3.23. The molecule has 0 spiro atoms. The molecule has 0 aliphatic rings. The van der Waals surface area contributed by atoms with Crippen LogP contribution in [0.2, 0.25) is 0 Å². The van der Waals surface area contributed by atoms with Crippen LogP contribution in [0.15, 0.2) is 12.2 Å². The maximum Gasteiger partial charge on any atom is 0.472 e. The summed E-state index contributed by atoms with van der Waals surface area (Å²) in [6.45, 7) is 4.45. The Morgan fingerprint density at radius 3 is 1.24 bits per heavy atom. The lowest BCUT2D eigenvalue weighted by Crippen LogP contribution is -2.37. The molecule has 0 aromatic heterocycles. The molecule has 0 amide bonds. The van der Waals surface area contributed by atoms with Crippen molar-refractivity contribution in [3.05, 3.63) is 12.2 Å². The van der Waals surface area contributed by atoms with Crippen LogP contribution in [-0.4, -0.2) is 74.9 Å². The van der Waals surface area contributed by atoms with Gasteiger partial charge in [0.25, 0.3) is 0 Å². The van der Waals surface area contributed by atoms with Crippen molar-refractivity contribution in [2.24, 2.45) is 0 Å². The van der Waals surface area contributed by atoms with Crippen LogP contribution >= 0.6 is 7.82 Å². The fraction of sp³-hybridized carbons (Fsp3) is 0.923. The largest absolute Gasteiger partial charge is 0.472 e. The summed E-state index contributed by atoms with van der Waals surface area (Å²) in [6.07, 6.45) is 49.9. The summed E-state index contributed by atoms with van der Waals surface area (Å²) in [5.41, 5.74) is 0. The fourth-order valence-corrected chi connectivity index (χ4v) is 8.41. The lowest BCUT2D eigenvalue weighted by atomic mass is 10.0. The predicted octanol–water partition coefficient (Wildman–Crippen LogP) is 15.7. The zero-order valence-electron chi connectivity index (χ0n) is 41.6. The van der Waals surface area contributed by atoms with Crippen LogP contribution in [0.3, 0.4) is 0 Å². The second kappa shape index (κ2) is 44.9. The van der Waals surface area contributed by atoms with Gasteiger partial charge in [-0.05, 0) is 32.1 Å². The van der Waals surface area contributed by atoms with E-state index in [1.54, 1.807) is 0 Å². The fourth-order valence-electron chi connectivity index (χ4n) is 7.67. The van der Waals surface area contributed by atoms with Crippen molar-refractivity contribution in [2.75, 3.05) is 47.5 Å². The molecule has 0 aromatic rings. The minimum absolute atomic E-state index is 0.0308. The first-order valence-corrected chi connectivity index (χ1v) is 27.9. The van der Waals surface area contributed by atoms with Gasteiger partial charge in [0.2, 0.25) is 0 Å². The van der Waals surface area contributed by atoms with Crippen LogP contribution in [-0.2, 0) is 32.7 Å². The molecule has 9 nitrogen and oxygen atoms in total. The van der Waals surface area contributed by atoms with E-state index in [4.69, 9.17) is 18.5 Å². The van der Waals surface area contributed by atoms with E-state index in [9.17, 15) is 19.0 Å². The van der Waals surface area contributed by atoms with Crippen LogP contribution < -0.4 is 0 Å². The topological polar surface area (TPSA) is 108 Å². The van der Waals surface area contributed by atoms with Gasteiger partial charge in [0.05, 0.1) is 27.7 Å². The zero-order valence-corrected chi connectivity index (χ0v) is 42.5. The van der Waals surface area contributed by atoms with Gasteiger partial charge in [-0.1, -0.05) is 225 Å². The molecule has 0 aromatic carbocycles. The molecule has 62 heavy (non-hydrogen) atoms. The van der Waals surface area contributed by atoms with Gasteiger partial charge in [-0.15, -0.1) is 0 Å². The Kier molecular flexibility index (Phi) is 44.0. The number of unbranched alkanes of at least 4 members (excludes halogenated alkanes) is 33. The highest BCUT2D eigenvalue weighted by molar-refractivity contribution is 7.47. The van der Waals surface area contributed by atoms with E-state index < -0.39 is 26.5 Å². The van der Waals surface area contributed by atoms with E-state index in [0.717, 1.165) is 32.1 Å². The Morgan fingerprint density at radius 2 is 0.839 bits per heavy atom. The highest BCUT2D eigenvalue weighted by atomic mass is 31.2. The molecule has 2 atom stereocenters. The van der Waals surface area contributed by atoms with Crippen LogP contribution in [0.25, 0.3) is 0 Å². The smallest absolute Gasteiger partial charge is 0.462 e. The Balaban J connectivity index is 4.20. The zero-order chi connectivity index (χ0) is 45.7. The summed E-state index contributed by atoms with van der Waals surface area (Å²) >= 11 is 0. The third-order valence-electron chi connectivity index (χ3n) is 11.8. The number of nitrogens with zero attached hydrogens (tertiary/aromatic N) is 1. The molecule has 0 rings (SSSR count). The van der Waals surface area contributed by atoms with Crippen LogP contribution in [0, 0.1) is 0 Å². The van der Waals surface area contributed by atoms with Gasteiger partial charge in [0.15, 0.2) is 6.10 Å². The molecule has 0 aliphatic carbocycles. The maximum atomic E-state index is 12.7. The number of allylic oxidation sites excluding steroid dienone is 2. The molecule has 0 saturated carbocycles. The monoisotopic (exact) mass is 901 g/mol. The number of quaternary nitrogens is 1. The minimum atomic E-state index is -4.38. The molecule has 0 heterocycles. The minimum Gasteiger partial charge on any atom is -0.462 e. The van der Waals surface area contributed by atoms with Gasteiger partial charge in [-0.2, -0.15) is 0 Å². The van der Waals surface area contributed by atoms with Crippen molar-refractivity contribution < 1.29 is 42.1 Å². The van der Waals surface area contributed by atoms with Crippen LogP contribution in [0.4, 0.5) is 0 Å². The molecular weight excluding hydrogens is 798 g/mol. The molecule has 368 valence electrons. The van der Waals surface area contributed by atoms with Crippen LogP contribution in [0.1, 0.15) is 258 Å². The summed E-state index contributed by atoms with van der Waals surface area (Å²) in [5.74, 6) is -0.820. The number of carbonyl (C=O) groups excluding carboxylic acids is 2. The van der Waals surface area contributed by atoms with Gasteiger partial charge < -0.3 is 18.9 Å². The number of carbonyl (C=O) groups is 2. The molecule has 0 saturated heterocycles. The van der Waals surface area contributed by atoms with Gasteiger partial charge in [-0.25, -0.2) is 4.57 Å². The molecular formula is C52H103NO8P+. The van der Waals surface area contributed by atoms with Crippen molar-refractivity contribution in [1.29, 1.82) is 0 Å². The summed E-state index contributed by atoms with van der Waals surface area (Å²) < 4.78 is 34.4. The van der Waals surface area contributed by atoms with Gasteiger partial charge in [0, 0.05) is 12.8 Å². The van der Waals surface area contributed by atoms with Gasteiger partial charge >= 0.3 is 19.8 Å². The lowest BCUT2D eigenvalue weighted by molar-refractivity contribution is -0.870. The third-order valence-corrected chi connectivity index (χ3v) is 12.8. The predicted molar refractivity (Wildman–Crippen MR) is 261 cm³/mol. The average molecular weight is 901 g/mol. The Hall–Kier alpha value is -1.25. The van der Waals surface area contributed by atoms with E-state index in [1.807, 2.05) is 21.1 Å². The molecule has 0 radical (unpaired) electrons. The van der Waals surface area contributed by atoms with Crippen molar-refractivity contribution in [2.45, 2.75) is 264 Å². The van der Waals surface area contributed by atoms with Crippen LogP contribution in [0.5, 0.6) is 0 Å². The van der Waals surface area contributed by atoms with E-state index in [2.05, 4.69) is 26.0 Å². The standard InChI is InChI=1S/C52H102NO8P/c1-6-8-10-12-14-16-18-20-22-23-24-25-26-27-28-29-31-33-35-37-39-41-43-45-52(55)61-50(49-60-62(56,57)59-47-46-53(3,4)5)48-58-51(54)44-42-40-38-36-34-32-30-21-19-17-15-13-11-9-7-2/h37,39,50H,6-36,38,40-49H2,1-5H3/p+1/b39-37+/t50-/m1/s1. The van der Waals surface area contributed by atoms with Gasteiger partial charge in [0.1, 0.15) is 19.8 Å². The number of likely N-dealkylation sites (N-methyl/N-ethyl adjacent to an activating group) is 1. The van der Waals surface area contributed by atoms with E-state index in [0.29, 0.717) is 17.4 Å². The first-order chi connectivity index (χ1) is 30.0. The van der Waals surface area contributed by atoms with Crippen molar-refractivity contribution in [3.63, 3.8) is 0 Å². The lowest BCUT2D eigenvalue weighted by Gasteiger charge is -2.24. The highest BCUT2D eigenvalue weighted by Crippen LogP contribution is 2.43. The maximum absolute atomic E-state index is 12.7. The highest BCUT2D eigenvalue weighted by Gasteiger charge is 2.27. The van der Waals surface area contributed by atoms with Gasteiger partial charge in [-0.3, -0.25) is 18.6 Å². The number of hydrogen-bond acceptors (Lipinski definition) is 7. The molecule has 0 fully saturated rings. The Labute approximate surface area is 384 Å². The number of rotatable bonds is 49. The molecule has 0 aliphatic heterocycles. The second-order valence-corrected chi connectivity index (χ2v) is 20.7. The summed E-state index contributed by atoms with van der Waals surface area (Å²) in [4.78, 5) is 35.5. The molecule has 1 unspecified atom stereocenters. The third kappa shape index (κ3) is 48.2. The Bertz CT molecular complexity index is 1060. The van der Waals surface area contributed by atoms with E-state index in [-0.39, 0.29) is 32.0 Å². The summed E-state index contributed by atoms with van der Waals surface area (Å²) in [5, 5.41) is 0. The first-order valence-electron chi connectivity index (χ1n) is 26.4. The quantitative estimate of drug-likeness (QED) is 0.0211. The van der Waals surface area contributed by atoms with E-state index in [1.165, 1.54) is 193 Å². The van der Waals surface area contributed by atoms with Crippen molar-refractivity contribution >= 4 is 19.8 Å². The van der Waals surface area contributed by atoms with Crippen molar-refractivity contribution in [3.8, 4) is 0 Å². The number of hydrogen-bond donors (Lipinski definition) is 1. The molecule has 0 bridgehead atoms. The molecule has 10 heteroatoms. The Morgan fingerprint density at radius 1 is 0.484 bits per heavy atom. The van der Waals surface area contributed by atoms with Crippen molar-refractivity contribution in [1.82, 2.24) is 0 Å². The normalized spacial score (nSPS) is 13.5.